The van der Waals surface area contributed by atoms with Gasteiger partial charge in [-0.25, -0.2) is 23.2 Å². The van der Waals surface area contributed by atoms with Gasteiger partial charge in [0.05, 0.1) is 24.0 Å². The Morgan fingerprint density at radius 3 is 2.66 bits per heavy atom. The van der Waals surface area contributed by atoms with Crippen LogP contribution in [0.1, 0.15) is 32.1 Å². The quantitative estimate of drug-likeness (QED) is 0.395. The summed E-state index contributed by atoms with van der Waals surface area (Å²) in [6.45, 7) is 2.97. The molecule has 4 saturated heterocycles. The van der Waals surface area contributed by atoms with Gasteiger partial charge in [0, 0.05) is 71.0 Å². The fourth-order valence-electron chi connectivity index (χ4n) is 6.90. The average Bonchev–Trinajstić information content (AvgIpc) is 3.34. The van der Waals surface area contributed by atoms with Gasteiger partial charge in [-0.3, -0.25) is 10.9 Å². The summed E-state index contributed by atoms with van der Waals surface area (Å²) in [6.07, 6.45) is 4.40. The third-order valence-corrected chi connectivity index (χ3v) is 10.6. The first kappa shape index (κ1) is 23.4. The van der Waals surface area contributed by atoms with Crippen molar-refractivity contribution in [2.45, 2.75) is 73.7 Å². The number of nitrogens with one attached hydrogen (secondary N) is 4. The third-order valence-electron chi connectivity index (χ3n) is 8.68. The molecule has 0 amide bonds. The van der Waals surface area contributed by atoms with Crippen molar-refractivity contribution >= 4 is 10.0 Å². The van der Waals surface area contributed by atoms with Gasteiger partial charge in [0.2, 0.25) is 10.0 Å². The molecule has 0 spiro atoms. The second-order valence-electron chi connectivity index (χ2n) is 10.3. The number of methoxy groups -OCH3 is 1. The highest BCUT2D eigenvalue weighted by atomic mass is 32.2. The molecule has 0 aromatic carbocycles. The molecule has 0 radical (unpaired) electrons. The van der Waals surface area contributed by atoms with Crippen LogP contribution in [-0.4, -0.2) is 108 Å². The molecular weight excluding hydrogens is 432 g/mol. The molecule has 1 saturated carbocycles. The summed E-state index contributed by atoms with van der Waals surface area (Å²) < 4.78 is 41.4. The number of fused-ring (bicyclic) bond motifs is 2. The summed E-state index contributed by atoms with van der Waals surface area (Å²) >= 11 is 0. The Kier molecular flexibility index (Phi) is 6.83. The minimum atomic E-state index is -3.47. The lowest BCUT2D eigenvalue weighted by atomic mass is 9.80. The zero-order valence-electron chi connectivity index (χ0n) is 19.5. The van der Waals surface area contributed by atoms with E-state index >= 15 is 0 Å². The molecule has 32 heavy (non-hydrogen) atoms. The maximum Gasteiger partial charge on any atom is 0.216 e. The van der Waals surface area contributed by atoms with Gasteiger partial charge in [-0.15, -0.1) is 0 Å². The number of hydrogen-bond donors (Lipinski definition) is 4. The van der Waals surface area contributed by atoms with Crippen LogP contribution >= 0.6 is 0 Å². The Hall–Kier alpha value is -0.370. The number of ether oxygens (including phenoxy) is 2. The zero-order valence-corrected chi connectivity index (χ0v) is 20.3. The van der Waals surface area contributed by atoms with Gasteiger partial charge in [-0.2, -0.15) is 0 Å². The van der Waals surface area contributed by atoms with E-state index in [4.69, 9.17) is 9.47 Å². The van der Waals surface area contributed by atoms with Gasteiger partial charge in [-0.05, 0) is 38.0 Å². The minimum Gasteiger partial charge on any atom is -0.381 e. The van der Waals surface area contributed by atoms with Crippen molar-refractivity contribution in [2.75, 3.05) is 47.5 Å². The van der Waals surface area contributed by atoms with Crippen molar-refractivity contribution in [3.8, 4) is 0 Å². The highest BCUT2D eigenvalue weighted by Gasteiger charge is 2.49. The number of hydrazine groups is 2. The molecule has 9 unspecified atom stereocenters. The van der Waals surface area contributed by atoms with Crippen molar-refractivity contribution in [3.05, 3.63) is 0 Å². The van der Waals surface area contributed by atoms with Crippen LogP contribution in [0.15, 0.2) is 0 Å². The smallest absolute Gasteiger partial charge is 0.216 e. The Morgan fingerprint density at radius 1 is 1.06 bits per heavy atom. The van der Waals surface area contributed by atoms with Crippen molar-refractivity contribution in [1.82, 2.24) is 30.9 Å². The maximum atomic E-state index is 13.4. The van der Waals surface area contributed by atoms with E-state index in [1.54, 1.807) is 7.11 Å². The predicted molar refractivity (Wildman–Crippen MR) is 121 cm³/mol. The summed E-state index contributed by atoms with van der Waals surface area (Å²) in [6, 6.07) is 0.940. The second-order valence-corrected chi connectivity index (χ2v) is 12.3. The number of sulfonamides is 1. The van der Waals surface area contributed by atoms with E-state index in [0.717, 1.165) is 45.4 Å². The first-order chi connectivity index (χ1) is 15.4. The standard InChI is InChI=1S/C21H40N6O4S/c1-26-17-8-9-31-12-15(17)19(24-26)16-6-5-14(11-22-16)32(28,29)25-20-18(30-3)7-4-13-10-23-27(2)21(13)20/h13-25H,4-12H2,1-3H3. The Balaban J connectivity index is 1.22. The Morgan fingerprint density at radius 2 is 1.91 bits per heavy atom. The summed E-state index contributed by atoms with van der Waals surface area (Å²) in [5.41, 5.74) is 7.00. The van der Waals surface area contributed by atoms with E-state index in [0.29, 0.717) is 30.8 Å². The lowest BCUT2D eigenvalue weighted by Crippen LogP contribution is -2.62. The summed E-state index contributed by atoms with van der Waals surface area (Å²) in [5, 5.41) is 7.46. The van der Waals surface area contributed by atoms with Crippen LogP contribution in [0.25, 0.3) is 0 Å². The van der Waals surface area contributed by atoms with Crippen LogP contribution in [0.5, 0.6) is 0 Å². The van der Waals surface area contributed by atoms with Crippen LogP contribution in [-0.2, 0) is 19.5 Å². The van der Waals surface area contributed by atoms with Crippen molar-refractivity contribution < 1.29 is 17.9 Å². The van der Waals surface area contributed by atoms with Crippen LogP contribution in [0.4, 0.5) is 0 Å². The van der Waals surface area contributed by atoms with Gasteiger partial charge in [-0.1, -0.05) is 0 Å². The van der Waals surface area contributed by atoms with Gasteiger partial charge in [0.25, 0.3) is 0 Å². The third kappa shape index (κ3) is 4.25. The Bertz CT molecular complexity index is 763. The molecule has 0 aromatic rings. The second kappa shape index (κ2) is 9.35. The number of rotatable bonds is 5. The molecule has 9 atom stereocenters. The average molecular weight is 473 g/mol. The maximum absolute atomic E-state index is 13.4. The topological polar surface area (TPSA) is 107 Å². The van der Waals surface area contributed by atoms with Gasteiger partial charge in [0.15, 0.2) is 0 Å². The van der Waals surface area contributed by atoms with Gasteiger partial charge < -0.3 is 14.8 Å². The normalized spacial score (nSPS) is 46.2. The van der Waals surface area contributed by atoms with E-state index in [-0.39, 0.29) is 30.3 Å². The molecule has 0 bridgehead atoms. The number of nitrogens with zero attached hydrogens (tertiary/aromatic N) is 2. The summed E-state index contributed by atoms with van der Waals surface area (Å²) in [7, 11) is 2.34. The van der Waals surface area contributed by atoms with E-state index in [2.05, 4.69) is 38.0 Å². The largest absolute Gasteiger partial charge is 0.381 e. The first-order valence-electron chi connectivity index (χ1n) is 12.2. The molecule has 184 valence electrons. The van der Waals surface area contributed by atoms with Crippen LogP contribution in [0.3, 0.4) is 0 Å². The molecule has 11 heteroatoms. The molecule has 5 aliphatic rings. The molecule has 5 rings (SSSR count). The van der Waals surface area contributed by atoms with Crippen LogP contribution in [0.2, 0.25) is 0 Å². The monoisotopic (exact) mass is 472 g/mol. The summed E-state index contributed by atoms with van der Waals surface area (Å²) in [5.74, 6) is 0.897. The molecule has 4 heterocycles. The SMILES string of the molecule is COC1CCC2CNN(C)C2C1NS(=O)(=O)C1CCC(C2NN(C)C3CCOCC23)NC1. The minimum absolute atomic E-state index is 0.0980. The fraction of sp³-hybridized carbons (Fsp3) is 1.00. The van der Waals surface area contributed by atoms with Crippen molar-refractivity contribution in [2.24, 2.45) is 11.8 Å². The number of piperidine rings is 1. The highest BCUT2D eigenvalue weighted by Crippen LogP contribution is 2.34. The molecule has 10 nitrogen and oxygen atoms in total. The zero-order chi connectivity index (χ0) is 22.5. The predicted octanol–water partition coefficient (Wildman–Crippen LogP) is -1.14. The summed E-state index contributed by atoms with van der Waals surface area (Å²) in [4.78, 5) is 0. The Labute approximate surface area is 192 Å². The number of likely N-dealkylation sites (N-methyl/N-ethyl adjacent to an activating group) is 1. The molecule has 5 fully saturated rings. The van der Waals surface area contributed by atoms with Gasteiger partial charge in [0.1, 0.15) is 0 Å². The molecular formula is C21H40N6O4S. The molecule has 4 aliphatic heterocycles. The molecule has 4 N–H and O–H groups in total. The fourth-order valence-corrected chi connectivity index (χ4v) is 8.52. The number of hydrogen-bond acceptors (Lipinski definition) is 9. The van der Waals surface area contributed by atoms with E-state index in [1.165, 1.54) is 0 Å². The van der Waals surface area contributed by atoms with Gasteiger partial charge >= 0.3 is 0 Å². The van der Waals surface area contributed by atoms with Crippen LogP contribution in [0, 0.1) is 11.8 Å². The van der Waals surface area contributed by atoms with Crippen LogP contribution < -0.4 is 20.9 Å². The van der Waals surface area contributed by atoms with Crippen molar-refractivity contribution in [1.29, 1.82) is 0 Å². The van der Waals surface area contributed by atoms with E-state index < -0.39 is 15.3 Å². The van der Waals surface area contributed by atoms with E-state index in [9.17, 15) is 8.42 Å². The van der Waals surface area contributed by atoms with E-state index in [1.807, 2.05) is 7.05 Å². The molecule has 1 aliphatic carbocycles. The first-order valence-corrected chi connectivity index (χ1v) is 13.7. The molecule has 0 aromatic heterocycles. The highest BCUT2D eigenvalue weighted by molar-refractivity contribution is 7.90. The van der Waals surface area contributed by atoms with Crippen molar-refractivity contribution in [3.63, 3.8) is 0 Å². The lowest BCUT2D eigenvalue weighted by Gasteiger charge is -2.42. The lowest BCUT2D eigenvalue weighted by molar-refractivity contribution is 0.00322.